The molecule has 5 nitrogen and oxygen atoms in total. The fourth-order valence-electron chi connectivity index (χ4n) is 3.93. The van der Waals surface area contributed by atoms with Crippen LogP contribution in [0.3, 0.4) is 0 Å². The first-order valence-electron chi connectivity index (χ1n) is 9.93. The molecule has 2 fully saturated rings. The second-order valence-corrected chi connectivity index (χ2v) is 9.43. The molecule has 1 unspecified atom stereocenters. The van der Waals surface area contributed by atoms with Crippen LogP contribution in [0.2, 0.25) is 0 Å². The van der Waals surface area contributed by atoms with Crippen LogP contribution in [0.5, 0.6) is 0 Å². The number of nitrogens with zero attached hydrogens (tertiary/aromatic N) is 3. The number of nitrogens with one attached hydrogen (secondary N) is 1. The van der Waals surface area contributed by atoms with E-state index < -0.39 is 0 Å². The molecule has 1 N–H and O–H groups in total. The largest absolute Gasteiger partial charge is 0.356 e. The molecule has 2 aromatic heterocycles. The fraction of sp³-hybridized carbons (Fsp3) is 0.429. The van der Waals surface area contributed by atoms with Crippen LogP contribution in [0.15, 0.2) is 27.4 Å². The Bertz CT molecular complexity index is 1090. The van der Waals surface area contributed by atoms with Gasteiger partial charge in [-0.15, -0.1) is 0 Å². The van der Waals surface area contributed by atoms with Gasteiger partial charge in [-0.1, -0.05) is 0 Å². The van der Waals surface area contributed by atoms with E-state index in [1.165, 1.54) is 0 Å². The molecule has 0 spiro atoms. The van der Waals surface area contributed by atoms with Crippen molar-refractivity contribution in [3.05, 3.63) is 44.5 Å². The first-order valence-corrected chi connectivity index (χ1v) is 11.5. The van der Waals surface area contributed by atoms with Gasteiger partial charge in [0.05, 0.1) is 37.7 Å². The van der Waals surface area contributed by atoms with Gasteiger partial charge in [-0.3, -0.25) is 4.98 Å². The summed E-state index contributed by atoms with van der Waals surface area (Å²) in [4.78, 5) is 4.57. The van der Waals surface area contributed by atoms with Crippen LogP contribution >= 0.6 is 31.9 Å². The topological polar surface area (TPSA) is 52.0 Å². The van der Waals surface area contributed by atoms with Gasteiger partial charge in [-0.25, -0.2) is 9.07 Å². The highest BCUT2D eigenvalue weighted by Gasteiger charge is 2.29. The highest BCUT2D eigenvalue weighted by molar-refractivity contribution is 9.11. The van der Waals surface area contributed by atoms with Crippen molar-refractivity contribution in [3.8, 4) is 0 Å². The van der Waals surface area contributed by atoms with Gasteiger partial charge in [0.25, 0.3) is 0 Å². The molecule has 2 aliphatic rings. The standard InChI is InChI=1S/C21H21Br2FN4O/c1-11-15(24)8-16-13(9-26-28(16)17-4-2-3-7-29-17)19(11)27-21-14(22)10-25-20(18(21)23)12-5-6-12/h8-10,12,17H,2-7H2,1H3,(H,25,27). The van der Waals surface area contributed by atoms with Gasteiger partial charge in [0.15, 0.2) is 6.23 Å². The molecule has 0 radical (unpaired) electrons. The minimum Gasteiger partial charge on any atom is -0.356 e. The number of halogens is 3. The third-order valence-corrected chi connectivity index (χ3v) is 7.15. The summed E-state index contributed by atoms with van der Waals surface area (Å²) in [6, 6.07) is 1.56. The Kier molecular flexibility index (Phi) is 5.12. The molecule has 3 heterocycles. The Morgan fingerprint density at radius 2 is 2.00 bits per heavy atom. The van der Waals surface area contributed by atoms with Crippen LogP contribution in [0.1, 0.15) is 55.5 Å². The molecule has 1 saturated heterocycles. The van der Waals surface area contributed by atoms with Crippen molar-refractivity contribution >= 4 is 54.1 Å². The minimum atomic E-state index is -0.263. The van der Waals surface area contributed by atoms with Crippen molar-refractivity contribution in [2.45, 2.75) is 51.2 Å². The van der Waals surface area contributed by atoms with Gasteiger partial charge in [0.2, 0.25) is 0 Å². The molecule has 0 bridgehead atoms. The van der Waals surface area contributed by atoms with Crippen LogP contribution in [0, 0.1) is 12.7 Å². The lowest BCUT2D eigenvalue weighted by Crippen LogP contribution is -2.19. The number of rotatable bonds is 4. The van der Waals surface area contributed by atoms with E-state index in [4.69, 9.17) is 4.74 Å². The normalized spacial score (nSPS) is 19.7. The van der Waals surface area contributed by atoms with Crippen molar-refractivity contribution in [1.29, 1.82) is 0 Å². The van der Waals surface area contributed by atoms with Crippen LogP contribution in [-0.2, 0) is 4.74 Å². The molecule has 0 amide bonds. The Balaban J connectivity index is 1.61. The SMILES string of the molecule is Cc1c(F)cc2c(cnn2C2CCCCO2)c1Nc1c(Br)cnc(C2CC2)c1Br. The number of aromatic nitrogens is 3. The third kappa shape index (κ3) is 3.49. The number of anilines is 2. The summed E-state index contributed by atoms with van der Waals surface area (Å²) in [5.41, 5.74) is 3.93. The van der Waals surface area contributed by atoms with E-state index in [0.29, 0.717) is 18.1 Å². The number of hydrogen-bond acceptors (Lipinski definition) is 4. The summed E-state index contributed by atoms with van der Waals surface area (Å²) in [6.45, 7) is 2.50. The van der Waals surface area contributed by atoms with Crippen molar-refractivity contribution in [3.63, 3.8) is 0 Å². The number of hydrogen-bond donors (Lipinski definition) is 1. The van der Waals surface area contributed by atoms with Crippen LogP contribution < -0.4 is 5.32 Å². The summed E-state index contributed by atoms with van der Waals surface area (Å²) < 4.78 is 24.3. The predicted octanol–water partition coefficient (Wildman–Crippen LogP) is 6.72. The molecular weight excluding hydrogens is 503 g/mol. The van der Waals surface area contributed by atoms with E-state index in [1.807, 2.05) is 10.9 Å². The maximum absolute atomic E-state index is 14.9. The van der Waals surface area contributed by atoms with Gasteiger partial charge < -0.3 is 10.1 Å². The smallest absolute Gasteiger partial charge is 0.150 e. The maximum Gasteiger partial charge on any atom is 0.150 e. The first-order chi connectivity index (χ1) is 14.0. The molecule has 1 aliphatic carbocycles. The summed E-state index contributed by atoms with van der Waals surface area (Å²) >= 11 is 7.31. The molecule has 1 aliphatic heterocycles. The van der Waals surface area contributed by atoms with Crippen LogP contribution in [-0.4, -0.2) is 21.4 Å². The van der Waals surface area contributed by atoms with E-state index in [2.05, 4.69) is 47.3 Å². The van der Waals surface area contributed by atoms with Gasteiger partial charge >= 0.3 is 0 Å². The second-order valence-electron chi connectivity index (χ2n) is 7.78. The van der Waals surface area contributed by atoms with Gasteiger partial charge in [0, 0.05) is 35.7 Å². The lowest BCUT2D eigenvalue weighted by molar-refractivity contribution is -0.0366. The highest BCUT2D eigenvalue weighted by atomic mass is 79.9. The Morgan fingerprint density at radius 3 is 2.72 bits per heavy atom. The zero-order valence-electron chi connectivity index (χ0n) is 16.0. The van der Waals surface area contributed by atoms with Crippen molar-refractivity contribution < 1.29 is 9.13 Å². The number of pyridine rings is 1. The van der Waals surface area contributed by atoms with Gasteiger partial charge in [-0.05, 0) is 70.9 Å². The van der Waals surface area contributed by atoms with E-state index in [-0.39, 0.29) is 12.0 Å². The number of fused-ring (bicyclic) bond motifs is 1. The zero-order chi connectivity index (χ0) is 20.1. The lowest BCUT2D eigenvalue weighted by atomic mass is 10.1. The zero-order valence-corrected chi connectivity index (χ0v) is 19.2. The number of benzene rings is 1. The molecule has 29 heavy (non-hydrogen) atoms. The molecule has 152 valence electrons. The molecular formula is C21H21Br2FN4O. The second kappa shape index (κ2) is 7.63. The van der Waals surface area contributed by atoms with Gasteiger partial charge in [0.1, 0.15) is 5.82 Å². The third-order valence-electron chi connectivity index (χ3n) is 5.74. The summed E-state index contributed by atoms with van der Waals surface area (Å²) in [7, 11) is 0. The average molecular weight is 524 g/mol. The van der Waals surface area contributed by atoms with Crippen molar-refractivity contribution in [2.75, 3.05) is 11.9 Å². The summed E-state index contributed by atoms with van der Waals surface area (Å²) in [6.07, 6.45) is 8.82. The molecule has 1 saturated carbocycles. The Hall–Kier alpha value is -1.51. The van der Waals surface area contributed by atoms with E-state index in [1.54, 1.807) is 19.2 Å². The maximum atomic E-state index is 14.9. The van der Waals surface area contributed by atoms with Crippen molar-refractivity contribution in [2.24, 2.45) is 0 Å². The highest BCUT2D eigenvalue weighted by Crippen LogP contribution is 2.47. The Morgan fingerprint density at radius 1 is 1.17 bits per heavy atom. The Labute approximate surface area is 185 Å². The molecule has 1 aromatic carbocycles. The molecule has 8 heteroatoms. The first kappa shape index (κ1) is 19.5. The summed E-state index contributed by atoms with van der Waals surface area (Å²) in [5.74, 6) is 0.235. The average Bonchev–Trinajstić information content (AvgIpc) is 3.48. The van der Waals surface area contributed by atoms with E-state index in [9.17, 15) is 4.39 Å². The summed E-state index contributed by atoms with van der Waals surface area (Å²) in [5, 5.41) is 8.89. The van der Waals surface area contributed by atoms with Crippen LogP contribution in [0.25, 0.3) is 10.9 Å². The van der Waals surface area contributed by atoms with Crippen LogP contribution in [0.4, 0.5) is 15.8 Å². The monoisotopic (exact) mass is 522 g/mol. The number of ether oxygens (including phenoxy) is 1. The molecule has 3 aromatic rings. The quantitative estimate of drug-likeness (QED) is 0.412. The van der Waals surface area contributed by atoms with E-state index in [0.717, 1.165) is 69.0 Å². The predicted molar refractivity (Wildman–Crippen MR) is 118 cm³/mol. The van der Waals surface area contributed by atoms with Gasteiger partial charge in [-0.2, -0.15) is 5.10 Å². The molecule has 5 rings (SSSR count). The van der Waals surface area contributed by atoms with E-state index >= 15 is 0 Å². The minimum absolute atomic E-state index is 0.142. The lowest BCUT2D eigenvalue weighted by Gasteiger charge is -2.23. The van der Waals surface area contributed by atoms with Crippen molar-refractivity contribution in [1.82, 2.24) is 14.8 Å². The molecule has 1 atom stereocenters. The fourth-order valence-corrected chi connectivity index (χ4v) is 5.33.